The topological polar surface area (TPSA) is 12.9 Å². The molecule has 3 heteroatoms. The molecule has 52 valence electrons. The molecule has 0 bridgehead atoms. The van der Waals surface area contributed by atoms with Crippen molar-refractivity contribution >= 4 is 35.0 Å². The van der Waals surface area contributed by atoms with Crippen LogP contribution in [-0.4, -0.2) is 4.98 Å². The van der Waals surface area contributed by atoms with Gasteiger partial charge >= 0.3 is 0 Å². The summed E-state index contributed by atoms with van der Waals surface area (Å²) >= 11 is 1.68. The van der Waals surface area contributed by atoms with Gasteiger partial charge in [0.15, 0.2) is 0 Å². The highest BCUT2D eigenvalue weighted by Crippen LogP contribution is 2.15. The third-order valence-electron chi connectivity index (χ3n) is 1.23. The Morgan fingerprint density at radius 2 is 2.20 bits per heavy atom. The fourth-order valence-electron chi connectivity index (χ4n) is 0.800. The van der Waals surface area contributed by atoms with E-state index in [2.05, 4.69) is 22.5 Å². The number of hydrogen-bond acceptors (Lipinski definition) is 2. The normalized spacial score (nSPS) is 9.20. The Bertz CT molecular complexity index is 286. The van der Waals surface area contributed by atoms with Crippen molar-refractivity contribution in [2.24, 2.45) is 0 Å². The second-order valence-corrected chi connectivity index (χ2v) is 2.71. The quantitative estimate of drug-likeness (QED) is 0.590. The van der Waals surface area contributed by atoms with Crippen LogP contribution in [0, 0.1) is 0 Å². The summed E-state index contributed by atoms with van der Waals surface area (Å²) < 4.78 is 0. The van der Waals surface area contributed by atoms with Crippen LogP contribution >= 0.6 is 24.8 Å². The van der Waals surface area contributed by atoms with Gasteiger partial charge in [-0.05, 0) is 17.5 Å². The number of hydrogen-bond donors (Lipinski definition) is 0. The van der Waals surface area contributed by atoms with Crippen molar-refractivity contribution in [2.75, 3.05) is 0 Å². The molecule has 0 fully saturated rings. The molecule has 2 aromatic rings. The van der Waals surface area contributed by atoms with Crippen molar-refractivity contribution in [3.8, 4) is 0 Å². The highest BCUT2D eigenvalue weighted by Gasteiger charge is 1.89. The van der Waals surface area contributed by atoms with Gasteiger partial charge in [0, 0.05) is 11.6 Å². The van der Waals surface area contributed by atoms with E-state index in [0.717, 1.165) is 4.83 Å². The smallest absolute Gasteiger partial charge is 0.123 e. The van der Waals surface area contributed by atoms with Crippen LogP contribution in [-0.2, 0) is 0 Å². The van der Waals surface area contributed by atoms with E-state index in [1.807, 2.05) is 12.3 Å². The van der Waals surface area contributed by atoms with Gasteiger partial charge in [0.25, 0.3) is 0 Å². The van der Waals surface area contributed by atoms with Crippen LogP contribution in [0.2, 0.25) is 0 Å². The zero-order valence-corrected chi connectivity index (χ0v) is 7.06. The Morgan fingerprint density at radius 3 is 3.00 bits per heavy atom. The minimum Gasteiger partial charge on any atom is -0.245 e. The fraction of sp³-hybridized carbons (Fsp3) is 0. The lowest BCUT2D eigenvalue weighted by Crippen LogP contribution is -1.65. The van der Waals surface area contributed by atoms with Gasteiger partial charge in [-0.3, -0.25) is 0 Å². The Kier molecular flexibility index (Phi) is 2.29. The summed E-state index contributed by atoms with van der Waals surface area (Å²) in [5.41, 5.74) is 0. The van der Waals surface area contributed by atoms with E-state index >= 15 is 0 Å². The number of nitrogens with zero attached hydrogens (tertiary/aromatic N) is 1. The van der Waals surface area contributed by atoms with E-state index in [1.54, 1.807) is 11.3 Å². The number of rotatable bonds is 0. The van der Waals surface area contributed by atoms with Crippen LogP contribution in [0.1, 0.15) is 0 Å². The monoisotopic (exact) mass is 169 g/mol. The number of fused-ring (bicyclic) bond motifs is 1. The van der Waals surface area contributed by atoms with Crippen molar-refractivity contribution in [2.45, 2.75) is 0 Å². The standard InChI is InChI=1S/C7H5NS.H2S/c1-2-6-3-5-9-7(6)8-4-1;/h1-5H;1H2. The minimum absolute atomic E-state index is 0. The van der Waals surface area contributed by atoms with Crippen LogP contribution in [0.3, 0.4) is 0 Å². The maximum Gasteiger partial charge on any atom is 0.123 e. The zero-order chi connectivity index (χ0) is 6.10. The molecule has 0 radical (unpaired) electrons. The molecule has 2 heterocycles. The third-order valence-corrected chi connectivity index (χ3v) is 2.06. The summed E-state index contributed by atoms with van der Waals surface area (Å²) in [5, 5.41) is 3.29. The highest BCUT2D eigenvalue weighted by atomic mass is 32.1. The van der Waals surface area contributed by atoms with Crippen LogP contribution in [0.5, 0.6) is 0 Å². The molecule has 0 saturated heterocycles. The summed E-state index contributed by atoms with van der Waals surface area (Å²) in [5.74, 6) is 0. The summed E-state index contributed by atoms with van der Waals surface area (Å²) in [6, 6.07) is 6.10. The first-order valence-corrected chi connectivity index (χ1v) is 3.63. The van der Waals surface area contributed by atoms with E-state index in [9.17, 15) is 0 Å². The average Bonchev–Trinajstić information content (AvgIpc) is 2.33. The number of pyridine rings is 1. The largest absolute Gasteiger partial charge is 0.245 e. The Hall–Kier alpha value is -0.540. The SMILES string of the molecule is S.c1cnc2sccc2c1. The molecule has 1 nitrogen and oxygen atoms in total. The zero-order valence-electron chi connectivity index (χ0n) is 5.24. The van der Waals surface area contributed by atoms with E-state index < -0.39 is 0 Å². The van der Waals surface area contributed by atoms with Gasteiger partial charge in [0.05, 0.1) is 0 Å². The predicted octanol–water partition coefficient (Wildman–Crippen LogP) is 2.41. The fourth-order valence-corrected chi connectivity index (χ4v) is 1.54. The molecule has 2 aromatic heterocycles. The maximum absolute atomic E-state index is 4.16. The first-order valence-electron chi connectivity index (χ1n) is 2.75. The van der Waals surface area contributed by atoms with Gasteiger partial charge in [-0.15, -0.1) is 11.3 Å². The molecule has 2 rings (SSSR count). The molecule has 0 aliphatic carbocycles. The van der Waals surface area contributed by atoms with Crippen molar-refractivity contribution in [3.63, 3.8) is 0 Å². The van der Waals surface area contributed by atoms with Gasteiger partial charge in [0.1, 0.15) is 4.83 Å². The van der Waals surface area contributed by atoms with Crippen LogP contribution in [0.25, 0.3) is 10.2 Å². The summed E-state index contributed by atoms with van der Waals surface area (Å²) in [7, 11) is 0. The summed E-state index contributed by atoms with van der Waals surface area (Å²) in [6.45, 7) is 0. The Labute approximate surface area is 70.2 Å². The Morgan fingerprint density at radius 1 is 1.30 bits per heavy atom. The molecule has 0 spiro atoms. The molecular formula is C7H7NS2. The summed E-state index contributed by atoms with van der Waals surface area (Å²) in [6.07, 6.45) is 1.82. The summed E-state index contributed by atoms with van der Waals surface area (Å²) in [4.78, 5) is 5.28. The van der Waals surface area contributed by atoms with Crippen molar-refractivity contribution in [1.82, 2.24) is 4.98 Å². The van der Waals surface area contributed by atoms with Crippen LogP contribution in [0.15, 0.2) is 29.8 Å². The Balaban J connectivity index is 0.000000500. The molecular weight excluding hydrogens is 162 g/mol. The lowest BCUT2D eigenvalue weighted by atomic mass is 10.4. The van der Waals surface area contributed by atoms with Gasteiger partial charge < -0.3 is 0 Å². The van der Waals surface area contributed by atoms with Crippen molar-refractivity contribution < 1.29 is 0 Å². The third kappa shape index (κ3) is 1.15. The maximum atomic E-state index is 4.16. The van der Waals surface area contributed by atoms with E-state index in [0.29, 0.717) is 0 Å². The molecule has 0 saturated carbocycles. The van der Waals surface area contributed by atoms with Crippen LogP contribution in [0.4, 0.5) is 0 Å². The van der Waals surface area contributed by atoms with Crippen LogP contribution < -0.4 is 0 Å². The average molecular weight is 169 g/mol. The lowest BCUT2D eigenvalue weighted by molar-refractivity contribution is 1.45. The molecule has 0 aliphatic rings. The van der Waals surface area contributed by atoms with Gasteiger partial charge in [-0.2, -0.15) is 13.5 Å². The van der Waals surface area contributed by atoms with Gasteiger partial charge in [0.2, 0.25) is 0 Å². The van der Waals surface area contributed by atoms with E-state index in [-0.39, 0.29) is 13.5 Å². The molecule has 0 aliphatic heterocycles. The first kappa shape index (κ1) is 7.57. The van der Waals surface area contributed by atoms with Crippen molar-refractivity contribution in [1.29, 1.82) is 0 Å². The minimum atomic E-state index is 0. The van der Waals surface area contributed by atoms with E-state index in [4.69, 9.17) is 0 Å². The predicted molar refractivity (Wildman–Crippen MR) is 50.0 cm³/mol. The van der Waals surface area contributed by atoms with Gasteiger partial charge in [-0.1, -0.05) is 6.07 Å². The second-order valence-electron chi connectivity index (χ2n) is 1.82. The highest BCUT2D eigenvalue weighted by molar-refractivity contribution is 7.59. The molecule has 0 amide bonds. The molecule has 0 unspecified atom stereocenters. The number of thiophene rings is 1. The van der Waals surface area contributed by atoms with Crippen molar-refractivity contribution in [3.05, 3.63) is 29.8 Å². The first-order chi connectivity index (χ1) is 4.47. The molecule has 0 N–H and O–H groups in total. The second kappa shape index (κ2) is 3.03. The molecule has 10 heavy (non-hydrogen) atoms. The number of aromatic nitrogens is 1. The molecule has 0 aromatic carbocycles. The molecule has 0 atom stereocenters. The lowest BCUT2D eigenvalue weighted by Gasteiger charge is -1.81. The van der Waals surface area contributed by atoms with Gasteiger partial charge in [-0.25, -0.2) is 4.98 Å². The van der Waals surface area contributed by atoms with E-state index in [1.165, 1.54) is 5.39 Å².